The van der Waals surface area contributed by atoms with Crippen molar-refractivity contribution in [2.45, 2.75) is 12.5 Å². The molecular weight excluding hydrogens is 358 g/mol. The molecule has 1 atom stereocenters. The predicted molar refractivity (Wildman–Crippen MR) is 87.4 cm³/mol. The van der Waals surface area contributed by atoms with Crippen LogP contribution in [0, 0.1) is 0 Å². The molecule has 5 heteroatoms. The molecule has 1 unspecified atom stereocenters. The van der Waals surface area contributed by atoms with Crippen molar-refractivity contribution in [3.8, 4) is 0 Å². The van der Waals surface area contributed by atoms with Crippen LogP contribution in [0.4, 0.5) is 0 Å². The highest BCUT2D eigenvalue weighted by Crippen LogP contribution is 2.30. The van der Waals surface area contributed by atoms with Crippen molar-refractivity contribution in [3.63, 3.8) is 0 Å². The molecule has 0 radical (unpaired) electrons. The minimum atomic E-state index is -0.642. The maximum atomic E-state index is 10.3. The maximum Gasteiger partial charge on any atom is 0.0967 e. The summed E-state index contributed by atoms with van der Waals surface area (Å²) in [6.07, 6.45) is -0.170. The lowest BCUT2D eigenvalue weighted by atomic mass is 10.1. The molecule has 1 heterocycles. The first-order chi connectivity index (χ1) is 9.63. The number of para-hydroxylation sites is 1. The van der Waals surface area contributed by atoms with Crippen LogP contribution in [0.3, 0.4) is 0 Å². The van der Waals surface area contributed by atoms with Gasteiger partial charge in [0, 0.05) is 15.9 Å². The molecule has 2 aromatic carbocycles. The van der Waals surface area contributed by atoms with E-state index >= 15 is 0 Å². The van der Waals surface area contributed by atoms with Gasteiger partial charge in [0.2, 0.25) is 0 Å². The Kier molecular flexibility index (Phi) is 4.08. The molecule has 0 aliphatic carbocycles. The lowest BCUT2D eigenvalue weighted by Crippen LogP contribution is -2.02. The smallest absolute Gasteiger partial charge is 0.0967 e. The van der Waals surface area contributed by atoms with Crippen LogP contribution in [-0.2, 0) is 6.42 Å². The summed E-state index contributed by atoms with van der Waals surface area (Å²) in [7, 11) is 0. The molecule has 0 bridgehead atoms. The van der Waals surface area contributed by atoms with Crippen LogP contribution in [0.2, 0.25) is 5.02 Å². The molecule has 2 nitrogen and oxygen atoms in total. The second-order valence-electron chi connectivity index (χ2n) is 4.46. The van der Waals surface area contributed by atoms with E-state index in [1.54, 1.807) is 17.4 Å². The quantitative estimate of drug-likeness (QED) is 0.706. The summed E-state index contributed by atoms with van der Waals surface area (Å²) in [6.45, 7) is 0. The Labute approximate surface area is 134 Å². The number of halogens is 2. The van der Waals surface area contributed by atoms with Gasteiger partial charge in [0.1, 0.15) is 0 Å². The highest BCUT2D eigenvalue weighted by molar-refractivity contribution is 9.10. The van der Waals surface area contributed by atoms with Gasteiger partial charge in [-0.05, 0) is 29.8 Å². The molecule has 1 aromatic heterocycles. The van der Waals surface area contributed by atoms with Gasteiger partial charge in [-0.15, -0.1) is 11.3 Å². The summed E-state index contributed by atoms with van der Waals surface area (Å²) in [5.41, 5.74) is 1.70. The zero-order valence-corrected chi connectivity index (χ0v) is 13.5. The third-order valence-corrected chi connectivity index (χ3v) is 4.91. The molecule has 0 aliphatic heterocycles. The first-order valence-electron chi connectivity index (χ1n) is 6.11. The summed E-state index contributed by atoms with van der Waals surface area (Å²) in [5, 5.41) is 11.8. The Morgan fingerprint density at radius 1 is 1.25 bits per heavy atom. The molecule has 0 saturated carbocycles. The molecular formula is C15H11BrClNOS. The van der Waals surface area contributed by atoms with Gasteiger partial charge in [0.05, 0.1) is 21.3 Å². The second kappa shape index (κ2) is 5.82. The van der Waals surface area contributed by atoms with Gasteiger partial charge < -0.3 is 5.11 Å². The second-order valence-corrected chi connectivity index (χ2v) is 6.90. The largest absolute Gasteiger partial charge is 0.388 e. The van der Waals surface area contributed by atoms with Gasteiger partial charge in [-0.25, -0.2) is 4.98 Å². The number of thiazole rings is 1. The fourth-order valence-electron chi connectivity index (χ4n) is 2.05. The van der Waals surface area contributed by atoms with Crippen LogP contribution in [0.1, 0.15) is 16.7 Å². The van der Waals surface area contributed by atoms with E-state index in [0.717, 1.165) is 25.3 Å². The Hall–Kier alpha value is -0.940. The Balaban J connectivity index is 1.86. The summed E-state index contributed by atoms with van der Waals surface area (Å²) in [5.74, 6) is 0. The number of fused-ring (bicyclic) bond motifs is 1. The molecule has 1 N–H and O–H groups in total. The highest BCUT2D eigenvalue weighted by Gasteiger charge is 2.15. The topological polar surface area (TPSA) is 33.1 Å². The summed E-state index contributed by atoms with van der Waals surface area (Å²) >= 11 is 11.1. The van der Waals surface area contributed by atoms with Gasteiger partial charge in [-0.1, -0.05) is 45.7 Å². The van der Waals surface area contributed by atoms with Crippen molar-refractivity contribution in [1.29, 1.82) is 0 Å². The normalized spacial score (nSPS) is 12.8. The van der Waals surface area contributed by atoms with Gasteiger partial charge in [-0.2, -0.15) is 0 Å². The number of hydrogen-bond acceptors (Lipinski definition) is 3. The number of nitrogens with zero attached hydrogens (tertiary/aromatic N) is 1. The number of aliphatic hydroxyl groups excluding tert-OH is 1. The van der Waals surface area contributed by atoms with E-state index in [1.165, 1.54) is 0 Å². The third kappa shape index (κ3) is 2.88. The molecule has 0 fully saturated rings. The summed E-state index contributed by atoms with van der Waals surface area (Å²) < 4.78 is 2.04. The maximum absolute atomic E-state index is 10.3. The first kappa shape index (κ1) is 14.0. The number of hydrogen-bond donors (Lipinski definition) is 1. The van der Waals surface area contributed by atoms with Crippen LogP contribution in [0.5, 0.6) is 0 Å². The number of aliphatic hydroxyl groups is 1. The van der Waals surface area contributed by atoms with Crippen molar-refractivity contribution in [1.82, 2.24) is 4.98 Å². The van der Waals surface area contributed by atoms with E-state index < -0.39 is 6.10 Å². The molecule has 0 aliphatic rings. The Bertz CT molecular complexity index is 725. The van der Waals surface area contributed by atoms with E-state index in [1.807, 2.05) is 36.4 Å². The van der Waals surface area contributed by atoms with Gasteiger partial charge in [0.25, 0.3) is 0 Å². The zero-order chi connectivity index (χ0) is 14.1. The molecule has 3 aromatic rings. The summed E-state index contributed by atoms with van der Waals surface area (Å²) in [4.78, 5) is 4.53. The van der Waals surface area contributed by atoms with Crippen molar-refractivity contribution in [3.05, 3.63) is 62.5 Å². The number of rotatable bonds is 3. The van der Waals surface area contributed by atoms with Gasteiger partial charge in [0.15, 0.2) is 0 Å². The molecule has 20 heavy (non-hydrogen) atoms. The lowest BCUT2D eigenvalue weighted by molar-refractivity contribution is 0.178. The van der Waals surface area contributed by atoms with E-state index in [2.05, 4.69) is 20.9 Å². The summed E-state index contributed by atoms with van der Waals surface area (Å²) in [6, 6.07) is 13.5. The lowest BCUT2D eigenvalue weighted by Gasteiger charge is -2.11. The van der Waals surface area contributed by atoms with Crippen molar-refractivity contribution >= 4 is 49.1 Å². The third-order valence-electron chi connectivity index (χ3n) is 3.03. The molecule has 3 rings (SSSR count). The van der Waals surface area contributed by atoms with E-state index in [0.29, 0.717) is 11.4 Å². The minimum absolute atomic E-state index is 0.473. The zero-order valence-electron chi connectivity index (χ0n) is 10.4. The van der Waals surface area contributed by atoms with Crippen molar-refractivity contribution < 1.29 is 5.11 Å². The average Bonchev–Trinajstić information content (AvgIpc) is 2.80. The molecule has 102 valence electrons. The number of benzene rings is 2. The van der Waals surface area contributed by atoms with E-state index in [-0.39, 0.29) is 0 Å². The average molecular weight is 369 g/mol. The Morgan fingerprint density at radius 3 is 2.80 bits per heavy atom. The van der Waals surface area contributed by atoms with Gasteiger partial charge >= 0.3 is 0 Å². The monoisotopic (exact) mass is 367 g/mol. The van der Waals surface area contributed by atoms with E-state index in [4.69, 9.17) is 11.6 Å². The Morgan fingerprint density at radius 2 is 2.05 bits per heavy atom. The van der Waals surface area contributed by atoms with Crippen LogP contribution in [-0.4, -0.2) is 10.1 Å². The first-order valence-corrected chi connectivity index (χ1v) is 8.09. The van der Waals surface area contributed by atoms with Crippen molar-refractivity contribution in [2.75, 3.05) is 0 Å². The minimum Gasteiger partial charge on any atom is -0.388 e. The van der Waals surface area contributed by atoms with Gasteiger partial charge in [-0.3, -0.25) is 0 Å². The highest BCUT2D eigenvalue weighted by atomic mass is 79.9. The van der Waals surface area contributed by atoms with E-state index in [9.17, 15) is 5.11 Å². The van der Waals surface area contributed by atoms with Crippen LogP contribution in [0.15, 0.2) is 46.9 Å². The van der Waals surface area contributed by atoms with Crippen LogP contribution < -0.4 is 0 Å². The molecule has 0 saturated heterocycles. The number of aromatic nitrogens is 1. The molecule has 0 amide bonds. The van der Waals surface area contributed by atoms with Crippen molar-refractivity contribution in [2.24, 2.45) is 0 Å². The van der Waals surface area contributed by atoms with Crippen LogP contribution in [0.25, 0.3) is 10.2 Å². The van der Waals surface area contributed by atoms with Crippen LogP contribution >= 0.6 is 38.9 Å². The molecule has 0 spiro atoms. The fourth-order valence-corrected chi connectivity index (χ4v) is 3.86. The fraction of sp³-hybridized carbons (Fsp3) is 0.133. The SMILES string of the molecule is OC(Cc1nc2ccccc2s1)c1ccc(Br)cc1Cl. The standard InChI is InChI=1S/C15H11BrClNOS/c16-9-5-6-10(11(17)7-9)13(19)8-15-18-12-3-1-2-4-14(12)20-15/h1-7,13,19H,8H2. The predicted octanol–water partition coefficient (Wildman–Crippen LogP) is 4.99.